The van der Waals surface area contributed by atoms with E-state index >= 15 is 0 Å². The van der Waals surface area contributed by atoms with Crippen LogP contribution in [0.1, 0.15) is 5.56 Å². The largest absolute Gasteiger partial charge is 0.433 e. The molecule has 8 heteroatoms. The van der Waals surface area contributed by atoms with Crippen molar-refractivity contribution < 1.29 is 14.8 Å². The van der Waals surface area contributed by atoms with Crippen molar-refractivity contribution in [2.24, 2.45) is 0 Å². The summed E-state index contributed by atoms with van der Waals surface area (Å²) >= 11 is 0. The third-order valence-corrected chi connectivity index (χ3v) is 2.72. The highest BCUT2D eigenvalue weighted by Crippen LogP contribution is 2.31. The number of aliphatic hydroxyl groups excluding tert-OH is 1. The summed E-state index contributed by atoms with van der Waals surface area (Å²) in [4.78, 5) is 18.2. The zero-order chi connectivity index (χ0) is 15.2. The van der Waals surface area contributed by atoms with E-state index in [0.29, 0.717) is 12.2 Å². The predicted molar refractivity (Wildman–Crippen MR) is 75.5 cm³/mol. The number of ether oxygens (including phenoxy) is 1. The Balaban J connectivity index is 2.40. The number of aliphatic hydroxyl groups is 1. The fourth-order valence-corrected chi connectivity index (χ4v) is 1.72. The van der Waals surface area contributed by atoms with Gasteiger partial charge in [-0.3, -0.25) is 10.1 Å². The number of benzene rings is 1. The van der Waals surface area contributed by atoms with Crippen molar-refractivity contribution in [3.05, 3.63) is 46.1 Å². The van der Waals surface area contributed by atoms with Gasteiger partial charge < -0.3 is 15.2 Å². The van der Waals surface area contributed by atoms with Crippen molar-refractivity contribution in [3.63, 3.8) is 0 Å². The minimum atomic E-state index is -0.608. The van der Waals surface area contributed by atoms with Crippen LogP contribution in [0, 0.1) is 10.1 Å². The molecule has 0 bridgehead atoms. The minimum absolute atomic E-state index is 0.0476. The number of anilines is 1. The maximum atomic E-state index is 11.0. The summed E-state index contributed by atoms with van der Waals surface area (Å²) in [5.74, 6) is 0.482. The summed E-state index contributed by atoms with van der Waals surface area (Å²) in [5.41, 5.74) is 0.409. The fraction of sp³-hybridized carbons (Fsp3) is 0.231. The minimum Gasteiger partial charge on any atom is -0.433 e. The molecule has 21 heavy (non-hydrogen) atoms. The predicted octanol–water partition coefficient (Wildman–Crippen LogP) is 1.75. The molecule has 0 saturated heterocycles. The highest BCUT2D eigenvalue weighted by molar-refractivity contribution is 5.46. The molecule has 0 aliphatic rings. The smallest absolute Gasteiger partial charge is 0.349 e. The number of hydrogen-bond donors (Lipinski definition) is 2. The summed E-state index contributed by atoms with van der Waals surface area (Å²) in [6, 6.07) is 6.97. The van der Waals surface area contributed by atoms with Crippen LogP contribution in [-0.4, -0.2) is 33.7 Å². The molecule has 2 aromatic rings. The lowest BCUT2D eigenvalue weighted by atomic mass is 10.1. The van der Waals surface area contributed by atoms with E-state index in [9.17, 15) is 10.1 Å². The van der Waals surface area contributed by atoms with Gasteiger partial charge in [-0.15, -0.1) is 0 Å². The highest BCUT2D eigenvalue weighted by atomic mass is 16.6. The van der Waals surface area contributed by atoms with Crippen molar-refractivity contribution in [1.82, 2.24) is 9.97 Å². The standard InChI is InChI=1S/C13H14N4O4/c1-14-13-15-8-10(17(19)20)12(16-13)21-11-5-3-2-4-9(11)6-7-18/h2-5,8,18H,6-7H2,1H3,(H,14,15,16). The van der Waals surface area contributed by atoms with Gasteiger partial charge in [0, 0.05) is 13.7 Å². The Morgan fingerprint density at radius 3 is 2.86 bits per heavy atom. The van der Waals surface area contributed by atoms with E-state index < -0.39 is 4.92 Å². The van der Waals surface area contributed by atoms with Gasteiger partial charge in [-0.25, -0.2) is 4.98 Å². The molecule has 2 rings (SSSR count). The van der Waals surface area contributed by atoms with Crippen molar-refractivity contribution in [2.75, 3.05) is 19.0 Å². The Bertz CT molecular complexity index is 648. The third kappa shape index (κ3) is 3.42. The molecule has 0 aliphatic carbocycles. The summed E-state index contributed by atoms with van der Waals surface area (Å²) in [6.45, 7) is -0.0476. The summed E-state index contributed by atoms with van der Waals surface area (Å²) < 4.78 is 5.55. The lowest BCUT2D eigenvalue weighted by Gasteiger charge is -2.10. The Labute approximate surface area is 120 Å². The zero-order valence-electron chi connectivity index (χ0n) is 11.3. The lowest BCUT2D eigenvalue weighted by molar-refractivity contribution is -0.386. The molecule has 0 amide bonds. The number of nitro groups is 1. The molecule has 1 aromatic carbocycles. The molecule has 8 nitrogen and oxygen atoms in total. The summed E-state index contributed by atoms with van der Waals surface area (Å²) in [6.07, 6.45) is 1.47. The molecule has 0 atom stereocenters. The molecule has 0 aliphatic heterocycles. The second-order valence-electron chi connectivity index (χ2n) is 4.07. The number of hydrogen-bond acceptors (Lipinski definition) is 7. The van der Waals surface area contributed by atoms with Crippen molar-refractivity contribution in [2.45, 2.75) is 6.42 Å². The number of aromatic nitrogens is 2. The van der Waals surface area contributed by atoms with Crippen LogP contribution >= 0.6 is 0 Å². The van der Waals surface area contributed by atoms with Crippen LogP contribution in [-0.2, 0) is 6.42 Å². The van der Waals surface area contributed by atoms with Crippen LogP contribution in [0.25, 0.3) is 0 Å². The molecule has 110 valence electrons. The van der Waals surface area contributed by atoms with Gasteiger partial charge in [-0.1, -0.05) is 18.2 Å². The Morgan fingerprint density at radius 1 is 1.43 bits per heavy atom. The van der Waals surface area contributed by atoms with Crippen molar-refractivity contribution >= 4 is 11.6 Å². The van der Waals surface area contributed by atoms with Crippen LogP contribution in [0.2, 0.25) is 0 Å². The third-order valence-electron chi connectivity index (χ3n) is 2.72. The number of rotatable bonds is 6. The first-order valence-electron chi connectivity index (χ1n) is 6.21. The van der Waals surface area contributed by atoms with Gasteiger partial charge in [0.25, 0.3) is 0 Å². The average molecular weight is 290 g/mol. The van der Waals surface area contributed by atoms with Crippen LogP contribution in [0.5, 0.6) is 11.6 Å². The van der Waals surface area contributed by atoms with Crippen LogP contribution in [0.3, 0.4) is 0 Å². The van der Waals surface area contributed by atoms with Crippen LogP contribution in [0.4, 0.5) is 11.6 Å². The Kier molecular flexibility index (Phi) is 4.62. The molecule has 0 fully saturated rings. The first-order chi connectivity index (χ1) is 10.2. The van der Waals surface area contributed by atoms with Crippen LogP contribution in [0.15, 0.2) is 30.5 Å². The Morgan fingerprint density at radius 2 is 2.19 bits per heavy atom. The van der Waals surface area contributed by atoms with Gasteiger partial charge in [0.1, 0.15) is 11.9 Å². The SMILES string of the molecule is CNc1ncc([N+](=O)[O-])c(Oc2ccccc2CCO)n1. The van der Waals surface area contributed by atoms with E-state index in [2.05, 4.69) is 15.3 Å². The summed E-state index contributed by atoms with van der Waals surface area (Å²) in [7, 11) is 1.60. The van der Waals surface area contributed by atoms with Gasteiger partial charge in [0.15, 0.2) is 0 Å². The summed E-state index contributed by atoms with van der Waals surface area (Å²) in [5, 5.41) is 22.7. The first-order valence-corrected chi connectivity index (χ1v) is 6.21. The molecule has 2 N–H and O–H groups in total. The molecule has 1 aromatic heterocycles. The fourth-order valence-electron chi connectivity index (χ4n) is 1.72. The number of nitrogens with one attached hydrogen (secondary N) is 1. The quantitative estimate of drug-likeness (QED) is 0.616. The lowest BCUT2D eigenvalue weighted by Crippen LogP contribution is -2.03. The molecule has 0 unspecified atom stereocenters. The van der Waals surface area contributed by atoms with Gasteiger partial charge >= 0.3 is 11.6 Å². The number of nitrogens with zero attached hydrogens (tertiary/aromatic N) is 3. The van der Waals surface area contributed by atoms with E-state index in [1.54, 1.807) is 31.3 Å². The highest BCUT2D eigenvalue weighted by Gasteiger charge is 2.20. The molecule has 0 spiro atoms. The number of para-hydroxylation sites is 1. The molecule has 0 saturated carbocycles. The van der Waals surface area contributed by atoms with E-state index in [1.165, 1.54) is 0 Å². The van der Waals surface area contributed by atoms with E-state index in [-0.39, 0.29) is 24.1 Å². The average Bonchev–Trinajstić information content (AvgIpc) is 2.49. The second kappa shape index (κ2) is 6.62. The monoisotopic (exact) mass is 290 g/mol. The first kappa shape index (κ1) is 14.7. The Hall–Kier alpha value is -2.74. The van der Waals surface area contributed by atoms with E-state index in [0.717, 1.165) is 11.8 Å². The van der Waals surface area contributed by atoms with Gasteiger partial charge in [-0.05, 0) is 18.1 Å². The second-order valence-corrected chi connectivity index (χ2v) is 4.07. The van der Waals surface area contributed by atoms with Gasteiger partial charge in [0.2, 0.25) is 5.95 Å². The normalized spacial score (nSPS) is 10.2. The van der Waals surface area contributed by atoms with Crippen LogP contribution < -0.4 is 10.1 Å². The van der Waals surface area contributed by atoms with E-state index in [1.807, 2.05) is 0 Å². The van der Waals surface area contributed by atoms with Gasteiger partial charge in [-0.2, -0.15) is 4.98 Å². The van der Waals surface area contributed by atoms with Gasteiger partial charge in [0.05, 0.1) is 4.92 Å². The van der Waals surface area contributed by atoms with Crippen molar-refractivity contribution in [3.8, 4) is 11.6 Å². The maximum Gasteiger partial charge on any atom is 0.349 e. The molecule has 1 heterocycles. The van der Waals surface area contributed by atoms with Crippen molar-refractivity contribution in [1.29, 1.82) is 0 Å². The molecule has 0 radical (unpaired) electrons. The molecular weight excluding hydrogens is 276 g/mol. The maximum absolute atomic E-state index is 11.0. The zero-order valence-corrected chi connectivity index (χ0v) is 11.3. The molecular formula is C13H14N4O4. The van der Waals surface area contributed by atoms with E-state index in [4.69, 9.17) is 9.84 Å². The topological polar surface area (TPSA) is 110 Å².